The van der Waals surface area contributed by atoms with Gasteiger partial charge < -0.3 is 15.4 Å². The van der Waals surface area contributed by atoms with Gasteiger partial charge in [-0.2, -0.15) is 13.2 Å². The number of rotatable bonds is 6. The van der Waals surface area contributed by atoms with Gasteiger partial charge in [-0.25, -0.2) is 0 Å². The second-order valence-electron chi connectivity index (χ2n) is 8.45. The van der Waals surface area contributed by atoms with Crippen molar-refractivity contribution >= 4 is 11.6 Å². The van der Waals surface area contributed by atoms with Gasteiger partial charge in [0.05, 0.1) is 24.7 Å². The van der Waals surface area contributed by atoms with E-state index in [0.717, 1.165) is 68.9 Å². The summed E-state index contributed by atoms with van der Waals surface area (Å²) in [6.07, 6.45) is -2.30. The number of benzene rings is 2. The molecule has 2 aromatic rings. The molecule has 0 spiro atoms. The minimum atomic E-state index is -4.31. The quantitative estimate of drug-likeness (QED) is 0.736. The highest BCUT2D eigenvalue weighted by Gasteiger charge is 2.30. The largest absolute Gasteiger partial charge is 0.416 e. The van der Waals surface area contributed by atoms with Crippen LogP contribution in [0.1, 0.15) is 34.8 Å². The fraction of sp³-hybridized carbons (Fsp3) is 0.458. The third kappa shape index (κ3) is 5.42. The topological polar surface area (TPSA) is 58.8 Å². The van der Waals surface area contributed by atoms with E-state index in [0.29, 0.717) is 6.61 Å². The third-order valence-corrected chi connectivity index (χ3v) is 6.26. The second-order valence-corrected chi connectivity index (χ2v) is 8.45. The first-order valence-corrected chi connectivity index (χ1v) is 11.0. The number of alkyl halides is 3. The van der Waals surface area contributed by atoms with E-state index < -0.39 is 11.7 Å². The fourth-order valence-electron chi connectivity index (χ4n) is 4.53. The Hall–Kier alpha value is -2.58. The number of nitrogens with zero attached hydrogens (tertiary/aromatic N) is 2. The average Bonchev–Trinajstić information content (AvgIpc) is 2.77. The molecular weight excluding hydrogens is 419 g/mol. The first-order chi connectivity index (χ1) is 15.3. The lowest BCUT2D eigenvalue weighted by atomic mass is 9.93. The molecule has 0 aromatic heterocycles. The molecule has 2 aliphatic heterocycles. The van der Waals surface area contributed by atoms with Crippen LogP contribution in [-0.4, -0.2) is 50.1 Å². The van der Waals surface area contributed by atoms with E-state index in [1.54, 1.807) is 12.1 Å². The standard InChI is InChI=1S/C24H28F3N3O2/c25-24(26,27)19-2-4-20(5-3-19)30-12-10-29(11-13-30)9-7-22-21-6-1-17(16-23(28)31)15-18(21)8-14-32-22/h1-6,15,22H,7-14,16H2,(H2,28,31)/t22-/m0/s1. The predicted octanol–water partition coefficient (Wildman–Crippen LogP) is 3.56. The van der Waals surface area contributed by atoms with Crippen LogP contribution in [0.4, 0.5) is 18.9 Å². The van der Waals surface area contributed by atoms with Crippen LogP contribution < -0.4 is 10.6 Å². The number of primary amides is 1. The maximum atomic E-state index is 12.8. The minimum Gasteiger partial charge on any atom is -0.373 e. The predicted molar refractivity (Wildman–Crippen MR) is 116 cm³/mol. The Morgan fingerprint density at radius 2 is 1.78 bits per heavy atom. The van der Waals surface area contributed by atoms with Gasteiger partial charge in [0, 0.05) is 38.4 Å². The van der Waals surface area contributed by atoms with Crippen LogP contribution in [0.25, 0.3) is 0 Å². The summed E-state index contributed by atoms with van der Waals surface area (Å²) in [5.74, 6) is -0.330. The monoisotopic (exact) mass is 447 g/mol. The van der Waals surface area contributed by atoms with Crippen LogP contribution in [-0.2, 0) is 28.5 Å². The number of hydrogen-bond acceptors (Lipinski definition) is 4. The Kier molecular flexibility index (Phi) is 6.71. The van der Waals surface area contributed by atoms with Gasteiger partial charge in [-0.15, -0.1) is 0 Å². The fourth-order valence-corrected chi connectivity index (χ4v) is 4.53. The molecule has 2 N–H and O–H groups in total. The van der Waals surface area contributed by atoms with E-state index in [4.69, 9.17) is 10.5 Å². The van der Waals surface area contributed by atoms with Gasteiger partial charge in [0.25, 0.3) is 0 Å². The van der Waals surface area contributed by atoms with Crippen molar-refractivity contribution in [3.05, 3.63) is 64.7 Å². The normalized spacial score (nSPS) is 19.6. The number of carbonyl (C=O) groups excluding carboxylic acids is 1. The van der Waals surface area contributed by atoms with Crippen molar-refractivity contribution < 1.29 is 22.7 Å². The summed E-state index contributed by atoms with van der Waals surface area (Å²) < 4.78 is 44.3. The highest BCUT2D eigenvalue weighted by atomic mass is 19.4. The molecule has 2 aliphatic rings. The van der Waals surface area contributed by atoms with E-state index in [1.165, 1.54) is 11.1 Å². The van der Waals surface area contributed by atoms with Crippen molar-refractivity contribution in [3.8, 4) is 0 Å². The van der Waals surface area contributed by atoms with Crippen molar-refractivity contribution in [2.24, 2.45) is 5.73 Å². The lowest BCUT2D eigenvalue weighted by Crippen LogP contribution is -2.47. The molecule has 0 radical (unpaired) electrons. The molecular formula is C24H28F3N3O2. The third-order valence-electron chi connectivity index (χ3n) is 6.26. The molecule has 2 heterocycles. The van der Waals surface area contributed by atoms with Crippen molar-refractivity contribution in [1.82, 2.24) is 4.90 Å². The molecule has 0 aliphatic carbocycles. The summed E-state index contributed by atoms with van der Waals surface area (Å²) >= 11 is 0. The second kappa shape index (κ2) is 9.50. The number of fused-ring (bicyclic) bond motifs is 1. The Bertz CT molecular complexity index is 938. The zero-order valence-corrected chi connectivity index (χ0v) is 17.9. The van der Waals surface area contributed by atoms with Crippen molar-refractivity contribution in [3.63, 3.8) is 0 Å². The molecule has 1 fully saturated rings. The van der Waals surface area contributed by atoms with Gasteiger partial charge in [-0.05, 0) is 53.8 Å². The lowest BCUT2D eigenvalue weighted by molar-refractivity contribution is -0.137. The Morgan fingerprint density at radius 3 is 2.44 bits per heavy atom. The minimum absolute atomic E-state index is 0.0364. The van der Waals surface area contributed by atoms with Crippen molar-refractivity contribution in [2.45, 2.75) is 31.5 Å². The molecule has 5 nitrogen and oxygen atoms in total. The molecule has 0 unspecified atom stereocenters. The number of nitrogens with two attached hydrogens (primary N) is 1. The number of ether oxygens (including phenoxy) is 1. The van der Waals surface area contributed by atoms with Gasteiger partial charge in [0.2, 0.25) is 5.91 Å². The Balaban J connectivity index is 1.29. The molecule has 0 bridgehead atoms. The number of amides is 1. The molecule has 4 rings (SSSR count). The SMILES string of the molecule is NC(=O)Cc1ccc2c(c1)CCO[C@H]2CCN1CCN(c2ccc(C(F)(F)F)cc2)CC1. The summed E-state index contributed by atoms with van der Waals surface area (Å²) in [4.78, 5) is 15.7. The summed E-state index contributed by atoms with van der Waals surface area (Å²) in [5, 5.41) is 0. The van der Waals surface area contributed by atoms with E-state index >= 15 is 0 Å². The number of anilines is 1. The molecule has 8 heteroatoms. The van der Waals surface area contributed by atoms with Crippen LogP contribution in [0.15, 0.2) is 42.5 Å². The van der Waals surface area contributed by atoms with Gasteiger partial charge in [0.15, 0.2) is 0 Å². The first-order valence-electron chi connectivity index (χ1n) is 11.0. The van der Waals surface area contributed by atoms with Gasteiger partial charge in [0.1, 0.15) is 0 Å². The van der Waals surface area contributed by atoms with E-state index in [2.05, 4.69) is 21.9 Å². The number of piperazine rings is 1. The summed E-state index contributed by atoms with van der Waals surface area (Å²) in [6, 6.07) is 11.5. The van der Waals surface area contributed by atoms with E-state index in [-0.39, 0.29) is 18.4 Å². The van der Waals surface area contributed by atoms with Crippen LogP contribution in [0.3, 0.4) is 0 Å². The Labute approximate surface area is 185 Å². The molecule has 32 heavy (non-hydrogen) atoms. The van der Waals surface area contributed by atoms with Crippen LogP contribution in [0.5, 0.6) is 0 Å². The molecule has 1 saturated heterocycles. The zero-order chi connectivity index (χ0) is 22.7. The van der Waals surface area contributed by atoms with E-state index in [9.17, 15) is 18.0 Å². The highest BCUT2D eigenvalue weighted by Crippen LogP contribution is 2.32. The zero-order valence-electron chi connectivity index (χ0n) is 17.9. The lowest BCUT2D eigenvalue weighted by Gasteiger charge is -2.37. The maximum absolute atomic E-state index is 12.8. The molecule has 1 amide bonds. The average molecular weight is 448 g/mol. The number of hydrogen-bond donors (Lipinski definition) is 1. The number of carbonyl (C=O) groups is 1. The smallest absolute Gasteiger partial charge is 0.373 e. The molecule has 172 valence electrons. The van der Waals surface area contributed by atoms with Gasteiger partial charge in [-0.3, -0.25) is 9.69 Å². The van der Waals surface area contributed by atoms with Gasteiger partial charge in [-0.1, -0.05) is 18.2 Å². The van der Waals surface area contributed by atoms with Crippen LogP contribution in [0.2, 0.25) is 0 Å². The number of halogens is 3. The summed E-state index contributed by atoms with van der Waals surface area (Å²) in [5.41, 5.74) is 8.88. The van der Waals surface area contributed by atoms with Crippen molar-refractivity contribution in [1.29, 1.82) is 0 Å². The summed E-state index contributed by atoms with van der Waals surface area (Å²) in [7, 11) is 0. The highest BCUT2D eigenvalue weighted by molar-refractivity contribution is 5.76. The maximum Gasteiger partial charge on any atom is 0.416 e. The summed E-state index contributed by atoms with van der Waals surface area (Å²) in [6.45, 7) is 4.84. The molecule has 1 atom stereocenters. The van der Waals surface area contributed by atoms with Crippen LogP contribution in [0, 0.1) is 0 Å². The molecule has 2 aromatic carbocycles. The van der Waals surface area contributed by atoms with Gasteiger partial charge >= 0.3 is 6.18 Å². The van der Waals surface area contributed by atoms with Crippen molar-refractivity contribution in [2.75, 3.05) is 44.2 Å². The van der Waals surface area contributed by atoms with E-state index in [1.807, 2.05) is 6.07 Å². The Morgan fingerprint density at radius 1 is 1.06 bits per heavy atom. The van der Waals surface area contributed by atoms with Crippen LogP contribution >= 0.6 is 0 Å². The molecule has 0 saturated carbocycles. The first kappa shape index (κ1) is 22.6.